The molecule has 1 N–H and O–H groups in total. The van der Waals surface area contributed by atoms with E-state index in [0.717, 1.165) is 22.4 Å². The third-order valence-electron chi connectivity index (χ3n) is 3.48. The van der Waals surface area contributed by atoms with Crippen molar-refractivity contribution >= 4 is 18.4 Å². The lowest BCUT2D eigenvalue weighted by molar-refractivity contribution is 0.415. The van der Waals surface area contributed by atoms with Gasteiger partial charge in [0.15, 0.2) is 5.82 Å². The summed E-state index contributed by atoms with van der Waals surface area (Å²) in [7, 11) is 1.63. The maximum absolute atomic E-state index is 5.28. The van der Waals surface area contributed by atoms with Crippen molar-refractivity contribution in [3.05, 3.63) is 64.4 Å². The number of benzene rings is 2. The van der Waals surface area contributed by atoms with Crippen molar-refractivity contribution < 1.29 is 4.74 Å². The zero-order valence-electron chi connectivity index (χ0n) is 12.9. The number of aromatic amines is 1. The van der Waals surface area contributed by atoms with Crippen LogP contribution in [-0.4, -0.2) is 28.2 Å². The molecule has 3 aromatic rings. The van der Waals surface area contributed by atoms with Crippen molar-refractivity contribution in [1.29, 1.82) is 0 Å². The number of rotatable bonds is 4. The fourth-order valence-electron chi connectivity index (χ4n) is 2.20. The summed E-state index contributed by atoms with van der Waals surface area (Å²) in [6.07, 6.45) is 1.78. The number of hydrogen-bond donors (Lipinski definition) is 1. The summed E-state index contributed by atoms with van der Waals surface area (Å²) in [5.74, 6) is 1.39. The molecule has 0 saturated heterocycles. The molecule has 6 heteroatoms. The average Bonchev–Trinajstić information content (AvgIpc) is 2.95. The van der Waals surface area contributed by atoms with Gasteiger partial charge in [-0.05, 0) is 42.4 Å². The summed E-state index contributed by atoms with van der Waals surface area (Å²) in [5, 5.41) is 11.5. The number of ether oxygens (including phenoxy) is 1. The molecule has 0 atom stereocenters. The molecule has 3 rings (SSSR count). The second-order valence-corrected chi connectivity index (χ2v) is 5.38. The van der Waals surface area contributed by atoms with E-state index in [1.807, 2.05) is 55.5 Å². The van der Waals surface area contributed by atoms with Gasteiger partial charge in [-0.1, -0.05) is 36.4 Å². The third kappa shape index (κ3) is 3.22. The smallest absolute Gasteiger partial charge is 0.216 e. The third-order valence-corrected chi connectivity index (χ3v) is 3.74. The van der Waals surface area contributed by atoms with Crippen LogP contribution in [0.4, 0.5) is 0 Å². The summed E-state index contributed by atoms with van der Waals surface area (Å²) in [6, 6.07) is 15.6. The zero-order chi connectivity index (χ0) is 16.2. The molecule has 0 aliphatic heterocycles. The SMILES string of the molecule is COc1cccc(-c2n[nH]c(=S)n2N=Cc2ccccc2C)c1. The Bertz CT molecular complexity index is 911. The van der Waals surface area contributed by atoms with Crippen LogP contribution < -0.4 is 4.74 Å². The Hall–Kier alpha value is -2.73. The molecule has 0 aliphatic rings. The minimum absolute atomic E-state index is 0.438. The van der Waals surface area contributed by atoms with Gasteiger partial charge in [0.05, 0.1) is 13.3 Å². The van der Waals surface area contributed by atoms with Crippen molar-refractivity contribution in [2.45, 2.75) is 6.92 Å². The van der Waals surface area contributed by atoms with E-state index in [1.165, 1.54) is 0 Å². The number of aryl methyl sites for hydroxylation is 1. The first-order valence-corrected chi connectivity index (χ1v) is 7.51. The van der Waals surface area contributed by atoms with Crippen LogP contribution in [0.2, 0.25) is 0 Å². The van der Waals surface area contributed by atoms with Crippen LogP contribution in [0.1, 0.15) is 11.1 Å². The van der Waals surface area contributed by atoms with Crippen molar-refractivity contribution in [3.63, 3.8) is 0 Å². The predicted molar refractivity (Wildman–Crippen MR) is 93.6 cm³/mol. The van der Waals surface area contributed by atoms with Gasteiger partial charge in [-0.2, -0.15) is 14.9 Å². The van der Waals surface area contributed by atoms with E-state index in [4.69, 9.17) is 17.0 Å². The Kier molecular flexibility index (Phi) is 4.34. The maximum Gasteiger partial charge on any atom is 0.216 e. The van der Waals surface area contributed by atoms with E-state index in [1.54, 1.807) is 18.0 Å². The van der Waals surface area contributed by atoms with E-state index in [9.17, 15) is 0 Å². The molecule has 0 spiro atoms. The lowest BCUT2D eigenvalue weighted by Gasteiger charge is -2.04. The summed E-state index contributed by atoms with van der Waals surface area (Å²) >= 11 is 5.28. The number of H-pyrrole nitrogens is 1. The molecule has 0 amide bonds. The highest BCUT2D eigenvalue weighted by molar-refractivity contribution is 7.71. The maximum atomic E-state index is 5.28. The van der Waals surface area contributed by atoms with Gasteiger partial charge >= 0.3 is 0 Å². The molecule has 2 aromatic carbocycles. The molecule has 0 bridgehead atoms. The highest BCUT2D eigenvalue weighted by Crippen LogP contribution is 2.22. The van der Waals surface area contributed by atoms with Gasteiger partial charge in [0.1, 0.15) is 5.75 Å². The van der Waals surface area contributed by atoms with E-state index in [0.29, 0.717) is 10.6 Å². The fraction of sp³-hybridized carbons (Fsp3) is 0.118. The van der Waals surface area contributed by atoms with Crippen LogP contribution in [0.25, 0.3) is 11.4 Å². The number of nitrogens with one attached hydrogen (secondary N) is 1. The Labute approximate surface area is 139 Å². The average molecular weight is 324 g/mol. The van der Waals surface area contributed by atoms with Gasteiger partial charge in [-0.3, -0.25) is 0 Å². The van der Waals surface area contributed by atoms with Gasteiger partial charge in [0.25, 0.3) is 0 Å². The molecule has 23 heavy (non-hydrogen) atoms. The Balaban J connectivity index is 2.02. The lowest BCUT2D eigenvalue weighted by Crippen LogP contribution is -1.96. The molecule has 1 heterocycles. The van der Waals surface area contributed by atoms with Crippen LogP contribution in [0.3, 0.4) is 0 Å². The van der Waals surface area contributed by atoms with Crippen molar-refractivity contribution in [2.24, 2.45) is 5.10 Å². The van der Waals surface area contributed by atoms with Gasteiger partial charge in [0, 0.05) is 5.56 Å². The van der Waals surface area contributed by atoms with Crippen LogP contribution in [0.15, 0.2) is 53.6 Å². The predicted octanol–water partition coefficient (Wildman–Crippen LogP) is 3.81. The Morgan fingerprint density at radius 3 is 2.83 bits per heavy atom. The second-order valence-electron chi connectivity index (χ2n) is 5.00. The van der Waals surface area contributed by atoms with Crippen molar-refractivity contribution in [3.8, 4) is 17.1 Å². The molecule has 0 unspecified atom stereocenters. The van der Waals surface area contributed by atoms with Gasteiger partial charge < -0.3 is 4.74 Å². The van der Waals surface area contributed by atoms with E-state index >= 15 is 0 Å². The summed E-state index contributed by atoms with van der Waals surface area (Å²) in [4.78, 5) is 0. The molecule has 0 aliphatic carbocycles. The number of aromatic nitrogens is 3. The van der Waals surface area contributed by atoms with Crippen LogP contribution >= 0.6 is 12.2 Å². The number of nitrogens with zero attached hydrogens (tertiary/aromatic N) is 3. The summed E-state index contributed by atoms with van der Waals surface area (Å²) < 4.78 is 7.30. The highest BCUT2D eigenvalue weighted by atomic mass is 32.1. The normalized spacial score (nSPS) is 11.0. The highest BCUT2D eigenvalue weighted by Gasteiger charge is 2.09. The van der Waals surface area contributed by atoms with Crippen molar-refractivity contribution in [1.82, 2.24) is 14.9 Å². The topological polar surface area (TPSA) is 55.2 Å². The largest absolute Gasteiger partial charge is 0.497 e. The van der Waals surface area contributed by atoms with E-state index in [-0.39, 0.29) is 0 Å². The fourth-order valence-corrected chi connectivity index (χ4v) is 2.38. The molecular weight excluding hydrogens is 308 g/mol. The van der Waals surface area contributed by atoms with E-state index < -0.39 is 0 Å². The Morgan fingerprint density at radius 2 is 2.04 bits per heavy atom. The van der Waals surface area contributed by atoms with Gasteiger partial charge in [-0.15, -0.1) is 0 Å². The van der Waals surface area contributed by atoms with E-state index in [2.05, 4.69) is 15.3 Å². The zero-order valence-corrected chi connectivity index (χ0v) is 13.7. The first-order valence-electron chi connectivity index (χ1n) is 7.11. The number of hydrogen-bond acceptors (Lipinski definition) is 4. The minimum atomic E-state index is 0.438. The van der Waals surface area contributed by atoms with Crippen LogP contribution in [0.5, 0.6) is 5.75 Å². The van der Waals surface area contributed by atoms with Gasteiger partial charge in [0.2, 0.25) is 4.77 Å². The lowest BCUT2D eigenvalue weighted by atomic mass is 10.1. The molecule has 116 valence electrons. The molecule has 1 aromatic heterocycles. The van der Waals surface area contributed by atoms with Gasteiger partial charge in [-0.25, -0.2) is 5.10 Å². The summed E-state index contributed by atoms with van der Waals surface area (Å²) in [6.45, 7) is 2.04. The molecule has 0 radical (unpaired) electrons. The van der Waals surface area contributed by atoms with Crippen LogP contribution in [-0.2, 0) is 0 Å². The summed E-state index contributed by atoms with van der Waals surface area (Å²) in [5.41, 5.74) is 3.06. The second kappa shape index (κ2) is 6.58. The number of methoxy groups -OCH3 is 1. The van der Waals surface area contributed by atoms with Crippen molar-refractivity contribution in [2.75, 3.05) is 7.11 Å². The minimum Gasteiger partial charge on any atom is -0.497 e. The monoisotopic (exact) mass is 324 g/mol. The quantitative estimate of drug-likeness (QED) is 0.586. The van der Waals surface area contributed by atoms with Crippen LogP contribution in [0, 0.1) is 11.7 Å². The Morgan fingerprint density at radius 1 is 1.22 bits per heavy atom. The molecule has 0 fully saturated rings. The standard InChI is InChI=1S/C17H16N4OS/c1-12-6-3-4-7-14(12)11-18-21-16(19-20-17(21)23)13-8-5-9-15(10-13)22-2/h3-11H,1-2H3,(H,20,23). The first-order chi connectivity index (χ1) is 11.2. The molecule has 0 saturated carbocycles. The molecule has 5 nitrogen and oxygen atoms in total. The molecular formula is C17H16N4OS. The first kappa shape index (κ1) is 15.2.